The summed E-state index contributed by atoms with van der Waals surface area (Å²) >= 11 is 0. The maximum absolute atomic E-state index is 11.4. The molecular formula is C21H38O4. The predicted molar refractivity (Wildman–Crippen MR) is 103 cm³/mol. The summed E-state index contributed by atoms with van der Waals surface area (Å²) in [6.45, 7) is 1.74. The van der Waals surface area contributed by atoms with Crippen LogP contribution in [0.2, 0.25) is 0 Å². The highest BCUT2D eigenvalue weighted by molar-refractivity contribution is 5.69. The summed E-state index contributed by atoms with van der Waals surface area (Å²) in [7, 11) is 0. The molecule has 0 aliphatic carbocycles. The van der Waals surface area contributed by atoms with Crippen LogP contribution in [-0.2, 0) is 9.53 Å². The second-order valence-electron chi connectivity index (χ2n) is 6.50. The molecule has 4 heteroatoms. The van der Waals surface area contributed by atoms with Crippen LogP contribution in [0.3, 0.4) is 0 Å². The SMILES string of the molecule is CCCCC/C=C/C/C=C/CCCCCCCC(=O)OC[C@@H](O)CO. The van der Waals surface area contributed by atoms with Gasteiger partial charge in [0.25, 0.3) is 0 Å². The summed E-state index contributed by atoms with van der Waals surface area (Å²) < 4.78 is 4.85. The summed E-state index contributed by atoms with van der Waals surface area (Å²) in [5.74, 6) is -0.293. The van der Waals surface area contributed by atoms with E-state index in [-0.39, 0.29) is 19.2 Å². The monoisotopic (exact) mass is 354 g/mol. The van der Waals surface area contributed by atoms with Gasteiger partial charge >= 0.3 is 5.97 Å². The van der Waals surface area contributed by atoms with E-state index < -0.39 is 6.10 Å². The predicted octanol–water partition coefficient (Wildman–Crippen LogP) is 4.70. The lowest BCUT2D eigenvalue weighted by atomic mass is 10.1. The maximum atomic E-state index is 11.4. The summed E-state index contributed by atoms with van der Waals surface area (Å²) in [5, 5.41) is 17.7. The first-order valence-electron chi connectivity index (χ1n) is 9.95. The number of carbonyl (C=O) groups is 1. The number of hydrogen-bond donors (Lipinski definition) is 2. The van der Waals surface area contributed by atoms with Gasteiger partial charge in [-0.05, 0) is 38.5 Å². The van der Waals surface area contributed by atoms with Crippen LogP contribution in [0.15, 0.2) is 24.3 Å². The minimum atomic E-state index is -0.964. The largest absolute Gasteiger partial charge is 0.463 e. The Morgan fingerprint density at radius 3 is 2.16 bits per heavy atom. The van der Waals surface area contributed by atoms with Crippen molar-refractivity contribution in [2.45, 2.75) is 90.1 Å². The number of allylic oxidation sites excluding steroid dienone is 4. The highest BCUT2D eigenvalue weighted by Gasteiger charge is 2.07. The minimum absolute atomic E-state index is 0.115. The average Bonchev–Trinajstić information content (AvgIpc) is 2.62. The Labute approximate surface area is 154 Å². The molecule has 0 aliphatic rings. The molecule has 0 saturated carbocycles. The molecule has 0 fully saturated rings. The molecule has 0 spiro atoms. The van der Waals surface area contributed by atoms with Gasteiger partial charge in [-0.2, -0.15) is 0 Å². The third-order valence-electron chi connectivity index (χ3n) is 3.98. The zero-order valence-corrected chi connectivity index (χ0v) is 16.0. The fourth-order valence-corrected chi connectivity index (χ4v) is 2.39. The zero-order chi connectivity index (χ0) is 18.6. The van der Waals surface area contributed by atoms with Gasteiger partial charge in [0.05, 0.1) is 6.61 Å². The summed E-state index contributed by atoms with van der Waals surface area (Å²) in [5.41, 5.74) is 0. The summed E-state index contributed by atoms with van der Waals surface area (Å²) in [6.07, 6.45) is 21.1. The molecule has 4 nitrogen and oxygen atoms in total. The van der Waals surface area contributed by atoms with E-state index >= 15 is 0 Å². The number of ether oxygens (including phenoxy) is 1. The summed E-state index contributed by atoms with van der Waals surface area (Å²) in [6, 6.07) is 0. The van der Waals surface area contributed by atoms with E-state index in [2.05, 4.69) is 31.2 Å². The molecule has 0 aromatic carbocycles. The Bertz CT molecular complexity index is 350. The number of carbonyl (C=O) groups excluding carboxylic acids is 1. The van der Waals surface area contributed by atoms with Crippen molar-refractivity contribution in [3.05, 3.63) is 24.3 Å². The van der Waals surface area contributed by atoms with Crippen LogP contribution in [0, 0.1) is 0 Å². The van der Waals surface area contributed by atoms with E-state index in [4.69, 9.17) is 14.9 Å². The molecule has 0 amide bonds. The van der Waals surface area contributed by atoms with Crippen LogP contribution in [0.5, 0.6) is 0 Å². The second kappa shape index (κ2) is 19.2. The first kappa shape index (κ1) is 23.9. The Hall–Kier alpha value is -1.13. The van der Waals surface area contributed by atoms with Crippen molar-refractivity contribution in [1.29, 1.82) is 0 Å². The summed E-state index contributed by atoms with van der Waals surface area (Å²) in [4.78, 5) is 11.4. The topological polar surface area (TPSA) is 66.8 Å². The molecular weight excluding hydrogens is 316 g/mol. The molecule has 146 valence electrons. The highest BCUT2D eigenvalue weighted by atomic mass is 16.5. The molecule has 0 saturated heterocycles. The second-order valence-corrected chi connectivity index (χ2v) is 6.50. The van der Waals surface area contributed by atoms with Gasteiger partial charge in [-0.15, -0.1) is 0 Å². The van der Waals surface area contributed by atoms with Crippen LogP contribution in [-0.4, -0.2) is 35.5 Å². The van der Waals surface area contributed by atoms with Gasteiger partial charge in [0.15, 0.2) is 0 Å². The number of aliphatic hydroxyl groups is 2. The quantitative estimate of drug-likeness (QED) is 0.226. The number of esters is 1. The Morgan fingerprint density at radius 2 is 1.52 bits per heavy atom. The Kier molecular flexibility index (Phi) is 18.3. The molecule has 1 atom stereocenters. The minimum Gasteiger partial charge on any atom is -0.463 e. The van der Waals surface area contributed by atoms with Gasteiger partial charge in [-0.3, -0.25) is 4.79 Å². The standard InChI is InChI=1S/C21H38O4/c1-2-3-4-5-6-7-8-9-10-11-12-13-14-15-16-17-21(24)25-19-20(23)18-22/h6-7,9-10,20,22-23H,2-5,8,11-19H2,1H3/b7-6+,10-9+/t20-/m0/s1. The Balaban J connectivity index is 3.30. The van der Waals surface area contributed by atoms with Crippen molar-refractivity contribution in [1.82, 2.24) is 0 Å². The van der Waals surface area contributed by atoms with E-state index in [1.54, 1.807) is 0 Å². The van der Waals surface area contributed by atoms with Crippen molar-refractivity contribution < 1.29 is 19.7 Å². The van der Waals surface area contributed by atoms with Gasteiger partial charge in [-0.1, -0.05) is 63.3 Å². The molecule has 0 radical (unpaired) electrons. The third kappa shape index (κ3) is 19.0. The fourth-order valence-electron chi connectivity index (χ4n) is 2.39. The first-order chi connectivity index (χ1) is 12.2. The van der Waals surface area contributed by atoms with Gasteiger partial charge in [0.2, 0.25) is 0 Å². The molecule has 0 rings (SSSR count). The van der Waals surface area contributed by atoms with E-state index in [1.807, 2.05) is 0 Å². The molecule has 0 unspecified atom stereocenters. The number of hydrogen-bond acceptors (Lipinski definition) is 4. The molecule has 0 aromatic heterocycles. The third-order valence-corrected chi connectivity index (χ3v) is 3.98. The van der Waals surface area contributed by atoms with E-state index in [9.17, 15) is 4.79 Å². The van der Waals surface area contributed by atoms with Crippen molar-refractivity contribution in [2.24, 2.45) is 0 Å². The lowest BCUT2D eigenvalue weighted by Crippen LogP contribution is -2.21. The van der Waals surface area contributed by atoms with E-state index in [0.29, 0.717) is 6.42 Å². The van der Waals surface area contributed by atoms with E-state index in [1.165, 1.54) is 38.5 Å². The first-order valence-corrected chi connectivity index (χ1v) is 9.95. The molecule has 0 aliphatic heterocycles. The molecule has 25 heavy (non-hydrogen) atoms. The maximum Gasteiger partial charge on any atom is 0.305 e. The van der Waals surface area contributed by atoms with E-state index in [0.717, 1.165) is 32.1 Å². The zero-order valence-electron chi connectivity index (χ0n) is 16.0. The normalized spacial score (nSPS) is 12.9. The molecule has 0 aromatic rings. The van der Waals surface area contributed by atoms with Crippen LogP contribution in [0.1, 0.15) is 84.0 Å². The Morgan fingerprint density at radius 1 is 0.920 bits per heavy atom. The highest BCUT2D eigenvalue weighted by Crippen LogP contribution is 2.08. The van der Waals surface area contributed by atoms with Crippen LogP contribution in [0.4, 0.5) is 0 Å². The van der Waals surface area contributed by atoms with Crippen molar-refractivity contribution in [2.75, 3.05) is 13.2 Å². The van der Waals surface area contributed by atoms with Gasteiger partial charge in [-0.25, -0.2) is 0 Å². The van der Waals surface area contributed by atoms with Crippen molar-refractivity contribution >= 4 is 5.97 Å². The molecule has 2 N–H and O–H groups in total. The number of aliphatic hydroxyl groups excluding tert-OH is 2. The number of rotatable bonds is 17. The number of unbranched alkanes of at least 4 members (excludes halogenated alkanes) is 8. The van der Waals surface area contributed by atoms with Gasteiger partial charge < -0.3 is 14.9 Å². The lowest BCUT2D eigenvalue weighted by molar-refractivity contribution is -0.147. The van der Waals surface area contributed by atoms with Crippen LogP contribution < -0.4 is 0 Å². The average molecular weight is 355 g/mol. The lowest BCUT2D eigenvalue weighted by Gasteiger charge is -2.08. The smallest absolute Gasteiger partial charge is 0.305 e. The van der Waals surface area contributed by atoms with Crippen LogP contribution in [0.25, 0.3) is 0 Å². The van der Waals surface area contributed by atoms with Crippen LogP contribution >= 0.6 is 0 Å². The molecule has 0 bridgehead atoms. The fraction of sp³-hybridized carbons (Fsp3) is 0.762. The van der Waals surface area contributed by atoms with Gasteiger partial charge in [0, 0.05) is 6.42 Å². The molecule has 0 heterocycles. The van der Waals surface area contributed by atoms with Crippen molar-refractivity contribution in [3.8, 4) is 0 Å². The van der Waals surface area contributed by atoms with Gasteiger partial charge in [0.1, 0.15) is 12.7 Å². The van der Waals surface area contributed by atoms with Crippen molar-refractivity contribution in [3.63, 3.8) is 0 Å².